The van der Waals surface area contributed by atoms with Crippen molar-refractivity contribution in [2.75, 3.05) is 0 Å². The number of amides is 1. The molecule has 0 aliphatic heterocycles. The van der Waals surface area contributed by atoms with Crippen molar-refractivity contribution in [3.63, 3.8) is 0 Å². The Hall–Kier alpha value is -1.25. The molecule has 1 aromatic heterocycles. The molecule has 0 aromatic carbocycles. The molecule has 2 aliphatic carbocycles. The molecule has 3 rings (SSSR count). The number of hydrogen-bond acceptors (Lipinski definition) is 1. The van der Waals surface area contributed by atoms with Gasteiger partial charge in [-0.2, -0.15) is 0 Å². The number of hydrogen-bond donors (Lipinski definition) is 1. The van der Waals surface area contributed by atoms with Crippen molar-refractivity contribution in [2.24, 2.45) is 24.8 Å². The summed E-state index contributed by atoms with van der Waals surface area (Å²) in [5, 5.41) is 3.08. The zero-order valence-electron chi connectivity index (χ0n) is 12.0. The highest BCUT2D eigenvalue weighted by Crippen LogP contribution is 2.49. The van der Waals surface area contributed by atoms with Crippen LogP contribution in [0.4, 0.5) is 0 Å². The summed E-state index contributed by atoms with van der Waals surface area (Å²) in [6.07, 6.45) is 6.19. The largest absolute Gasteiger partial charge is 0.351 e. The number of fused-ring (bicyclic) bond motifs is 2. The molecule has 1 N–H and O–H groups in total. The van der Waals surface area contributed by atoms with Crippen molar-refractivity contribution < 1.29 is 4.79 Å². The molecule has 1 amide bonds. The van der Waals surface area contributed by atoms with Gasteiger partial charge < -0.3 is 9.88 Å². The fourth-order valence-corrected chi connectivity index (χ4v) is 3.97. The Morgan fingerprint density at radius 2 is 2.21 bits per heavy atom. The topological polar surface area (TPSA) is 34.0 Å². The second-order valence-corrected chi connectivity index (χ2v) is 6.44. The number of aromatic nitrogens is 1. The molecule has 1 aromatic rings. The van der Waals surface area contributed by atoms with E-state index in [4.69, 9.17) is 0 Å². The lowest BCUT2D eigenvalue weighted by molar-refractivity contribution is -0.122. The van der Waals surface area contributed by atoms with Crippen LogP contribution in [-0.2, 0) is 18.4 Å². The smallest absolute Gasteiger partial charge is 0.220 e. The van der Waals surface area contributed by atoms with Gasteiger partial charge >= 0.3 is 0 Å². The van der Waals surface area contributed by atoms with Gasteiger partial charge in [-0.25, -0.2) is 0 Å². The molecular formula is C16H24N2O. The van der Waals surface area contributed by atoms with Crippen LogP contribution in [0.5, 0.6) is 0 Å². The molecule has 0 saturated heterocycles. The summed E-state index contributed by atoms with van der Waals surface area (Å²) in [4.78, 5) is 12.0. The molecule has 19 heavy (non-hydrogen) atoms. The van der Waals surface area contributed by atoms with Crippen molar-refractivity contribution in [2.45, 2.75) is 45.6 Å². The standard InChI is InChI=1S/C16H24N2O/c1-11-3-6-15(18(11)2)10-17-16(19)9-14-8-12-4-5-13(14)7-12/h3,6,12-14H,4-5,7-10H2,1-2H3,(H,17,19). The highest BCUT2D eigenvalue weighted by Gasteiger charge is 2.39. The highest BCUT2D eigenvalue weighted by atomic mass is 16.1. The van der Waals surface area contributed by atoms with Crippen LogP contribution in [0.15, 0.2) is 12.1 Å². The quantitative estimate of drug-likeness (QED) is 0.887. The Labute approximate surface area is 115 Å². The Balaban J connectivity index is 1.48. The third-order valence-corrected chi connectivity index (χ3v) is 5.28. The molecular weight excluding hydrogens is 236 g/mol. The van der Waals surface area contributed by atoms with E-state index in [0.717, 1.165) is 18.3 Å². The first-order chi connectivity index (χ1) is 9.13. The van der Waals surface area contributed by atoms with Crippen LogP contribution in [0.2, 0.25) is 0 Å². The predicted octanol–water partition coefficient (Wildman–Crippen LogP) is 2.78. The fourth-order valence-electron chi connectivity index (χ4n) is 3.97. The Kier molecular flexibility index (Phi) is 3.38. The molecule has 2 fully saturated rings. The summed E-state index contributed by atoms with van der Waals surface area (Å²) in [6, 6.07) is 4.19. The van der Waals surface area contributed by atoms with Crippen molar-refractivity contribution in [1.29, 1.82) is 0 Å². The number of nitrogens with zero attached hydrogens (tertiary/aromatic N) is 1. The molecule has 2 aliphatic rings. The third-order valence-electron chi connectivity index (χ3n) is 5.28. The van der Waals surface area contributed by atoms with Crippen molar-refractivity contribution in [3.05, 3.63) is 23.5 Å². The summed E-state index contributed by atoms with van der Waals surface area (Å²) >= 11 is 0. The van der Waals surface area contributed by atoms with E-state index in [9.17, 15) is 4.79 Å². The van der Waals surface area contributed by atoms with Gasteiger partial charge in [0.15, 0.2) is 0 Å². The molecule has 2 saturated carbocycles. The van der Waals surface area contributed by atoms with E-state index in [0.29, 0.717) is 12.5 Å². The van der Waals surface area contributed by atoms with Gasteiger partial charge in [0.05, 0.1) is 6.54 Å². The maximum atomic E-state index is 12.0. The molecule has 2 bridgehead atoms. The Morgan fingerprint density at radius 3 is 2.79 bits per heavy atom. The summed E-state index contributed by atoms with van der Waals surface area (Å²) in [5.74, 6) is 2.66. The molecule has 0 radical (unpaired) electrons. The Morgan fingerprint density at radius 1 is 1.37 bits per heavy atom. The van der Waals surface area contributed by atoms with Crippen LogP contribution in [0.1, 0.15) is 43.5 Å². The normalized spacial score (nSPS) is 28.8. The lowest BCUT2D eigenvalue weighted by Gasteiger charge is -2.20. The first-order valence-corrected chi connectivity index (χ1v) is 7.51. The minimum atomic E-state index is 0.233. The van der Waals surface area contributed by atoms with E-state index < -0.39 is 0 Å². The molecule has 1 heterocycles. The van der Waals surface area contributed by atoms with E-state index in [1.54, 1.807) is 0 Å². The number of carbonyl (C=O) groups is 1. The van der Waals surface area contributed by atoms with E-state index >= 15 is 0 Å². The molecule has 104 valence electrons. The Bertz CT molecular complexity index is 477. The zero-order chi connectivity index (χ0) is 13.4. The minimum absolute atomic E-state index is 0.233. The first kappa shape index (κ1) is 12.8. The number of aryl methyl sites for hydroxylation is 1. The van der Waals surface area contributed by atoms with Gasteiger partial charge in [0.2, 0.25) is 5.91 Å². The second kappa shape index (κ2) is 5.03. The third kappa shape index (κ3) is 2.56. The summed E-state index contributed by atoms with van der Waals surface area (Å²) < 4.78 is 2.14. The van der Waals surface area contributed by atoms with Crippen LogP contribution in [0.25, 0.3) is 0 Å². The van der Waals surface area contributed by atoms with Crippen LogP contribution in [0, 0.1) is 24.7 Å². The predicted molar refractivity (Wildman–Crippen MR) is 75.6 cm³/mol. The molecule has 3 atom stereocenters. The average molecular weight is 260 g/mol. The number of carbonyl (C=O) groups excluding carboxylic acids is 1. The van der Waals surface area contributed by atoms with Crippen molar-refractivity contribution in [1.82, 2.24) is 9.88 Å². The van der Waals surface area contributed by atoms with Gasteiger partial charge in [-0.1, -0.05) is 6.42 Å². The SMILES string of the molecule is Cc1ccc(CNC(=O)CC2CC3CCC2C3)n1C. The average Bonchev–Trinajstić information content (AvgIpc) is 3.06. The monoisotopic (exact) mass is 260 g/mol. The zero-order valence-corrected chi connectivity index (χ0v) is 12.0. The van der Waals surface area contributed by atoms with Gasteiger partial charge in [0.1, 0.15) is 0 Å². The molecule has 3 unspecified atom stereocenters. The van der Waals surface area contributed by atoms with Crippen molar-refractivity contribution >= 4 is 5.91 Å². The number of nitrogens with one attached hydrogen (secondary N) is 1. The van der Waals surface area contributed by atoms with Crippen LogP contribution < -0.4 is 5.32 Å². The minimum Gasteiger partial charge on any atom is -0.351 e. The fraction of sp³-hybridized carbons (Fsp3) is 0.688. The lowest BCUT2D eigenvalue weighted by atomic mass is 9.86. The van der Waals surface area contributed by atoms with Crippen molar-refractivity contribution in [3.8, 4) is 0 Å². The van der Waals surface area contributed by atoms with Crippen LogP contribution in [0.3, 0.4) is 0 Å². The number of rotatable bonds is 4. The molecule has 0 spiro atoms. The first-order valence-electron chi connectivity index (χ1n) is 7.51. The van der Waals surface area contributed by atoms with E-state index in [2.05, 4.69) is 28.9 Å². The molecule has 3 heteroatoms. The van der Waals surface area contributed by atoms with Gasteiger partial charge in [-0.3, -0.25) is 4.79 Å². The van der Waals surface area contributed by atoms with Gasteiger partial charge in [-0.05, 0) is 56.1 Å². The van der Waals surface area contributed by atoms with E-state index in [1.807, 2.05) is 7.05 Å². The van der Waals surface area contributed by atoms with Crippen LogP contribution in [-0.4, -0.2) is 10.5 Å². The lowest BCUT2D eigenvalue weighted by Crippen LogP contribution is -2.27. The summed E-state index contributed by atoms with van der Waals surface area (Å²) in [7, 11) is 2.05. The van der Waals surface area contributed by atoms with Gasteiger partial charge in [0, 0.05) is 24.9 Å². The summed E-state index contributed by atoms with van der Waals surface area (Å²) in [6.45, 7) is 2.74. The maximum Gasteiger partial charge on any atom is 0.220 e. The maximum absolute atomic E-state index is 12.0. The van der Waals surface area contributed by atoms with Crippen LogP contribution >= 0.6 is 0 Å². The highest BCUT2D eigenvalue weighted by molar-refractivity contribution is 5.76. The van der Waals surface area contributed by atoms with Gasteiger partial charge in [-0.15, -0.1) is 0 Å². The summed E-state index contributed by atoms with van der Waals surface area (Å²) in [5.41, 5.74) is 2.41. The van der Waals surface area contributed by atoms with E-state index in [1.165, 1.54) is 37.1 Å². The van der Waals surface area contributed by atoms with E-state index in [-0.39, 0.29) is 5.91 Å². The molecule has 3 nitrogen and oxygen atoms in total. The second-order valence-electron chi connectivity index (χ2n) is 6.44. The van der Waals surface area contributed by atoms with Gasteiger partial charge in [0.25, 0.3) is 0 Å².